The van der Waals surface area contributed by atoms with Gasteiger partial charge in [0.15, 0.2) is 11.6 Å². The number of hydrogen-bond acceptors (Lipinski definition) is 2. The van der Waals surface area contributed by atoms with Crippen LogP contribution in [0.3, 0.4) is 0 Å². The summed E-state index contributed by atoms with van der Waals surface area (Å²) in [5.74, 6) is -1.73. The van der Waals surface area contributed by atoms with E-state index in [9.17, 15) is 18.7 Å². The second kappa shape index (κ2) is 6.58. The second-order valence-corrected chi connectivity index (χ2v) is 5.67. The number of aliphatic hydroxyl groups excluding tert-OH is 1. The molecule has 1 aromatic carbocycles. The van der Waals surface area contributed by atoms with Gasteiger partial charge >= 0.3 is 6.03 Å². The van der Waals surface area contributed by atoms with Crippen molar-refractivity contribution in [1.29, 1.82) is 0 Å². The van der Waals surface area contributed by atoms with Gasteiger partial charge in [0.25, 0.3) is 0 Å². The number of hydrogen-bond donors (Lipinski definition) is 2. The van der Waals surface area contributed by atoms with Crippen molar-refractivity contribution in [3.05, 3.63) is 28.8 Å². The first-order valence-corrected chi connectivity index (χ1v) is 7.15. The van der Waals surface area contributed by atoms with Crippen LogP contribution in [0.4, 0.5) is 19.3 Å². The van der Waals surface area contributed by atoms with Crippen LogP contribution in [0.2, 0.25) is 5.02 Å². The number of likely N-dealkylation sites (tertiary alicyclic amines) is 1. The van der Waals surface area contributed by atoms with E-state index in [0.29, 0.717) is 6.54 Å². The Morgan fingerprint density at radius 1 is 1.48 bits per heavy atom. The number of rotatable bonds is 2. The van der Waals surface area contributed by atoms with Gasteiger partial charge in [0.05, 0.1) is 12.6 Å². The first-order valence-electron chi connectivity index (χ1n) is 6.77. The number of nitrogens with zero attached hydrogens (tertiary/aromatic N) is 1. The molecule has 1 saturated heterocycles. The van der Waals surface area contributed by atoms with E-state index in [1.54, 1.807) is 0 Å². The Labute approximate surface area is 126 Å². The fourth-order valence-corrected chi connectivity index (χ4v) is 2.81. The van der Waals surface area contributed by atoms with Gasteiger partial charge in [-0.15, -0.1) is 0 Å². The molecule has 1 aliphatic rings. The summed E-state index contributed by atoms with van der Waals surface area (Å²) in [6.45, 7) is 2.20. The van der Waals surface area contributed by atoms with Gasteiger partial charge < -0.3 is 15.3 Å². The highest BCUT2D eigenvalue weighted by Gasteiger charge is 2.32. The maximum absolute atomic E-state index is 13.7. The lowest BCUT2D eigenvalue weighted by Gasteiger charge is -2.38. The van der Waals surface area contributed by atoms with Crippen LogP contribution in [0.5, 0.6) is 0 Å². The summed E-state index contributed by atoms with van der Waals surface area (Å²) >= 11 is 5.54. The van der Waals surface area contributed by atoms with E-state index in [1.807, 2.05) is 6.92 Å². The third kappa shape index (κ3) is 3.44. The third-order valence-corrected chi connectivity index (χ3v) is 4.02. The molecule has 4 nitrogen and oxygen atoms in total. The van der Waals surface area contributed by atoms with E-state index in [2.05, 4.69) is 5.32 Å². The lowest BCUT2D eigenvalue weighted by molar-refractivity contribution is 0.0810. The molecule has 2 amide bonds. The number of nitrogens with one attached hydrogen (secondary N) is 1. The summed E-state index contributed by atoms with van der Waals surface area (Å²) in [5.41, 5.74) is -0.528. The van der Waals surface area contributed by atoms with Crippen LogP contribution in [0, 0.1) is 17.6 Å². The zero-order chi connectivity index (χ0) is 15.6. The minimum atomic E-state index is -0.932. The lowest BCUT2D eigenvalue weighted by Crippen LogP contribution is -2.51. The van der Waals surface area contributed by atoms with Gasteiger partial charge in [-0.2, -0.15) is 0 Å². The summed E-state index contributed by atoms with van der Waals surface area (Å²) in [7, 11) is 0. The number of piperidine rings is 1. The minimum Gasteiger partial charge on any atom is -0.394 e. The normalized spacial score (nSPS) is 22.2. The van der Waals surface area contributed by atoms with Gasteiger partial charge in [-0.05, 0) is 30.9 Å². The molecule has 1 aliphatic heterocycles. The van der Waals surface area contributed by atoms with E-state index in [0.717, 1.165) is 25.0 Å². The molecule has 116 valence electrons. The number of benzene rings is 1. The monoisotopic (exact) mass is 318 g/mol. The average Bonchev–Trinajstić information content (AvgIpc) is 2.42. The molecule has 2 unspecified atom stereocenters. The Bertz CT molecular complexity index is 519. The number of aliphatic hydroxyl groups is 1. The van der Waals surface area contributed by atoms with Gasteiger partial charge in [0.2, 0.25) is 0 Å². The van der Waals surface area contributed by atoms with E-state index in [1.165, 1.54) is 4.90 Å². The number of carbonyl (C=O) groups is 1. The molecule has 1 aromatic rings. The van der Waals surface area contributed by atoms with Crippen molar-refractivity contribution < 1.29 is 18.7 Å². The predicted octanol–water partition coefficient (Wildman–Crippen LogP) is 3.24. The smallest absolute Gasteiger partial charge is 0.322 e. The third-order valence-electron chi connectivity index (χ3n) is 3.80. The van der Waals surface area contributed by atoms with Crippen LogP contribution >= 0.6 is 11.6 Å². The van der Waals surface area contributed by atoms with Crippen LogP contribution in [-0.4, -0.2) is 35.2 Å². The van der Waals surface area contributed by atoms with Crippen molar-refractivity contribution in [3.63, 3.8) is 0 Å². The summed E-state index contributed by atoms with van der Waals surface area (Å²) in [6, 6.07) is 0.892. The highest BCUT2D eigenvalue weighted by Crippen LogP contribution is 2.26. The maximum Gasteiger partial charge on any atom is 0.322 e. The van der Waals surface area contributed by atoms with Crippen LogP contribution in [0.1, 0.15) is 19.8 Å². The summed E-state index contributed by atoms with van der Waals surface area (Å²) in [4.78, 5) is 13.6. The van der Waals surface area contributed by atoms with Crippen LogP contribution in [-0.2, 0) is 0 Å². The Morgan fingerprint density at radius 2 is 2.10 bits per heavy atom. The zero-order valence-corrected chi connectivity index (χ0v) is 12.3. The number of halogens is 3. The van der Waals surface area contributed by atoms with Crippen LogP contribution in [0.15, 0.2) is 12.1 Å². The lowest BCUT2D eigenvalue weighted by atomic mass is 9.91. The molecule has 1 heterocycles. The van der Waals surface area contributed by atoms with Crippen LogP contribution in [0.25, 0.3) is 0 Å². The van der Waals surface area contributed by atoms with Gasteiger partial charge in [0.1, 0.15) is 5.69 Å². The van der Waals surface area contributed by atoms with Gasteiger partial charge in [0, 0.05) is 11.6 Å². The average molecular weight is 319 g/mol. The van der Waals surface area contributed by atoms with Crippen molar-refractivity contribution in [2.75, 3.05) is 18.5 Å². The van der Waals surface area contributed by atoms with Crippen molar-refractivity contribution in [1.82, 2.24) is 4.90 Å². The van der Waals surface area contributed by atoms with Gasteiger partial charge in [-0.3, -0.25) is 0 Å². The molecule has 0 bridgehead atoms. The summed E-state index contributed by atoms with van der Waals surface area (Å²) < 4.78 is 27.4. The molecule has 7 heteroatoms. The molecular formula is C14H17ClF2N2O2. The van der Waals surface area contributed by atoms with Gasteiger partial charge in [-0.1, -0.05) is 18.5 Å². The first-order chi connectivity index (χ1) is 9.93. The Hall–Kier alpha value is -1.40. The Kier molecular flexibility index (Phi) is 5.00. The minimum absolute atomic E-state index is 0.0807. The highest BCUT2D eigenvalue weighted by molar-refractivity contribution is 6.30. The first kappa shape index (κ1) is 16.0. The van der Waals surface area contributed by atoms with Crippen molar-refractivity contribution in [3.8, 4) is 0 Å². The van der Waals surface area contributed by atoms with Crippen molar-refractivity contribution >= 4 is 23.3 Å². The topological polar surface area (TPSA) is 52.6 Å². The molecule has 21 heavy (non-hydrogen) atoms. The largest absolute Gasteiger partial charge is 0.394 e. The van der Waals surface area contributed by atoms with Crippen molar-refractivity contribution in [2.24, 2.45) is 5.92 Å². The molecule has 2 rings (SSSR count). The molecule has 0 radical (unpaired) electrons. The zero-order valence-electron chi connectivity index (χ0n) is 11.6. The van der Waals surface area contributed by atoms with Crippen molar-refractivity contribution in [2.45, 2.75) is 25.8 Å². The number of amides is 2. The van der Waals surface area contributed by atoms with Gasteiger partial charge in [-0.25, -0.2) is 13.6 Å². The summed E-state index contributed by atoms with van der Waals surface area (Å²) in [5, 5.41) is 11.6. The quantitative estimate of drug-likeness (QED) is 0.879. The van der Waals surface area contributed by atoms with Crippen LogP contribution < -0.4 is 5.32 Å². The molecule has 0 aliphatic carbocycles. The molecule has 2 N–H and O–H groups in total. The molecule has 0 spiro atoms. The highest BCUT2D eigenvalue weighted by atomic mass is 35.5. The molecule has 0 saturated carbocycles. The Morgan fingerprint density at radius 3 is 2.67 bits per heavy atom. The SMILES string of the molecule is CC1CCCN(C(=O)Nc2c(F)cc(Cl)cc2F)C1CO. The van der Waals surface area contributed by atoms with E-state index in [4.69, 9.17) is 11.6 Å². The fraction of sp³-hybridized carbons (Fsp3) is 0.500. The number of urea groups is 1. The predicted molar refractivity (Wildman–Crippen MR) is 76.4 cm³/mol. The van der Waals surface area contributed by atoms with E-state index < -0.39 is 23.4 Å². The van der Waals surface area contributed by atoms with E-state index >= 15 is 0 Å². The Balaban J connectivity index is 2.18. The maximum atomic E-state index is 13.7. The molecule has 2 atom stereocenters. The number of anilines is 1. The molecule has 0 aromatic heterocycles. The molecular weight excluding hydrogens is 302 g/mol. The standard InChI is InChI=1S/C14H17ClF2N2O2/c1-8-3-2-4-19(12(8)7-20)14(21)18-13-10(16)5-9(15)6-11(13)17/h5-6,8,12,20H,2-4,7H2,1H3,(H,18,21). The van der Waals surface area contributed by atoms with E-state index in [-0.39, 0.29) is 23.6 Å². The molecule has 1 fully saturated rings. The summed E-state index contributed by atoms with van der Waals surface area (Å²) in [6.07, 6.45) is 1.69. The fourth-order valence-electron chi connectivity index (χ4n) is 2.62. The number of carbonyl (C=O) groups excluding carboxylic acids is 1. The second-order valence-electron chi connectivity index (χ2n) is 5.24.